The van der Waals surface area contributed by atoms with Gasteiger partial charge in [-0.25, -0.2) is 0 Å². The molecule has 1 aromatic rings. The minimum atomic E-state index is -0.516. The highest BCUT2D eigenvalue weighted by Gasteiger charge is 2.12. The van der Waals surface area contributed by atoms with Crippen LogP contribution < -0.4 is 20.3 Å². The van der Waals surface area contributed by atoms with E-state index in [0.29, 0.717) is 6.54 Å². The molecule has 120 valence electrons. The van der Waals surface area contributed by atoms with Crippen molar-refractivity contribution >= 4 is 5.69 Å². The number of nitrogens with one attached hydrogen (secondary N) is 2. The third-order valence-electron chi connectivity index (χ3n) is 3.23. The lowest BCUT2D eigenvalue weighted by Gasteiger charge is -2.22. The molecule has 0 spiro atoms. The Balaban J connectivity index is 2.58. The largest absolute Gasteiger partial charge is 0.488 e. The van der Waals surface area contributed by atoms with Gasteiger partial charge >= 0.3 is 0 Å². The van der Waals surface area contributed by atoms with Crippen LogP contribution in [0.4, 0.5) is 5.69 Å². The number of anilines is 1. The second-order valence-electron chi connectivity index (χ2n) is 5.60. The zero-order valence-electron chi connectivity index (χ0n) is 13.9. The number of likely N-dealkylation sites (N-methyl/N-ethyl adjacent to an activating group) is 1. The molecule has 1 rings (SSSR count). The lowest BCUT2D eigenvalue weighted by atomic mass is 10.1. The highest BCUT2D eigenvalue weighted by molar-refractivity contribution is 5.62. The summed E-state index contributed by atoms with van der Waals surface area (Å²) in [5.74, 6) is 0.847. The summed E-state index contributed by atoms with van der Waals surface area (Å²) >= 11 is 0. The molecule has 0 saturated carbocycles. The van der Waals surface area contributed by atoms with Gasteiger partial charge in [0.2, 0.25) is 0 Å². The van der Waals surface area contributed by atoms with Crippen molar-refractivity contribution in [3.8, 4) is 5.75 Å². The predicted octanol–water partition coefficient (Wildman–Crippen LogP) is 0.918. The topological polar surface area (TPSA) is 56.8 Å². The van der Waals surface area contributed by atoms with Gasteiger partial charge in [0.25, 0.3) is 0 Å². The first-order valence-corrected chi connectivity index (χ1v) is 7.40. The molecule has 0 radical (unpaired) electrons. The fourth-order valence-electron chi connectivity index (χ4n) is 2.17. The van der Waals surface area contributed by atoms with Crippen molar-refractivity contribution in [1.82, 2.24) is 10.6 Å². The average Bonchev–Trinajstić information content (AvgIpc) is 2.41. The van der Waals surface area contributed by atoms with Crippen molar-refractivity contribution in [2.45, 2.75) is 20.0 Å². The molecular weight excluding hydrogens is 266 g/mol. The molecule has 3 N–H and O–H groups in total. The molecule has 0 bridgehead atoms. The molecular formula is C16H29N3O2. The third-order valence-corrected chi connectivity index (χ3v) is 3.23. The molecule has 0 amide bonds. The smallest absolute Gasteiger partial charge is 0.145 e. The minimum Gasteiger partial charge on any atom is -0.488 e. The van der Waals surface area contributed by atoms with Crippen LogP contribution in [-0.4, -0.2) is 58.6 Å². The summed E-state index contributed by atoms with van der Waals surface area (Å²) in [7, 11) is 5.90. The predicted molar refractivity (Wildman–Crippen MR) is 88.5 cm³/mol. The quantitative estimate of drug-likeness (QED) is 0.592. The van der Waals surface area contributed by atoms with Gasteiger partial charge in [0.05, 0.1) is 5.69 Å². The Hall–Kier alpha value is -1.30. The minimum absolute atomic E-state index is 0.289. The monoisotopic (exact) mass is 295 g/mol. The van der Waals surface area contributed by atoms with Gasteiger partial charge < -0.3 is 25.4 Å². The molecule has 1 atom stereocenters. The van der Waals surface area contributed by atoms with Gasteiger partial charge in [-0.15, -0.1) is 0 Å². The van der Waals surface area contributed by atoms with Crippen molar-refractivity contribution in [2.24, 2.45) is 0 Å². The summed E-state index contributed by atoms with van der Waals surface area (Å²) in [4.78, 5) is 2.03. The van der Waals surface area contributed by atoms with Crippen molar-refractivity contribution in [3.63, 3.8) is 0 Å². The summed E-state index contributed by atoms with van der Waals surface area (Å²) in [5, 5.41) is 16.2. The molecule has 1 aromatic carbocycles. The SMILES string of the molecule is CNCCNCC(O)COc1c(C)cc(C)cc1N(C)C. The average molecular weight is 295 g/mol. The number of hydrogen-bond donors (Lipinski definition) is 3. The van der Waals surface area contributed by atoms with Crippen molar-refractivity contribution < 1.29 is 9.84 Å². The molecule has 0 aliphatic carbocycles. The van der Waals surface area contributed by atoms with E-state index in [4.69, 9.17) is 4.74 Å². The molecule has 0 aliphatic heterocycles. The van der Waals surface area contributed by atoms with E-state index in [0.717, 1.165) is 30.1 Å². The van der Waals surface area contributed by atoms with Crippen LogP contribution in [0.15, 0.2) is 12.1 Å². The highest BCUT2D eigenvalue weighted by atomic mass is 16.5. The Morgan fingerprint density at radius 3 is 2.57 bits per heavy atom. The number of aryl methyl sites for hydroxylation is 2. The second-order valence-corrected chi connectivity index (χ2v) is 5.60. The normalized spacial score (nSPS) is 12.3. The zero-order valence-corrected chi connectivity index (χ0v) is 13.9. The molecule has 5 nitrogen and oxygen atoms in total. The molecule has 5 heteroatoms. The Morgan fingerprint density at radius 2 is 1.95 bits per heavy atom. The Morgan fingerprint density at radius 1 is 1.24 bits per heavy atom. The Kier molecular flexibility index (Phi) is 7.50. The van der Waals surface area contributed by atoms with Gasteiger partial charge in [-0.05, 0) is 38.1 Å². The number of aliphatic hydroxyl groups is 1. The van der Waals surface area contributed by atoms with E-state index in [1.54, 1.807) is 0 Å². The van der Waals surface area contributed by atoms with Gasteiger partial charge in [-0.3, -0.25) is 0 Å². The number of hydrogen-bond acceptors (Lipinski definition) is 5. The lowest BCUT2D eigenvalue weighted by Crippen LogP contribution is -2.35. The van der Waals surface area contributed by atoms with E-state index in [-0.39, 0.29) is 6.61 Å². The van der Waals surface area contributed by atoms with E-state index >= 15 is 0 Å². The van der Waals surface area contributed by atoms with E-state index < -0.39 is 6.10 Å². The number of nitrogens with zero attached hydrogens (tertiary/aromatic N) is 1. The fraction of sp³-hybridized carbons (Fsp3) is 0.625. The van der Waals surface area contributed by atoms with Crippen LogP contribution in [0.5, 0.6) is 5.75 Å². The second kappa shape index (κ2) is 8.87. The van der Waals surface area contributed by atoms with Gasteiger partial charge in [0.15, 0.2) is 0 Å². The van der Waals surface area contributed by atoms with Crippen LogP contribution in [-0.2, 0) is 0 Å². The zero-order chi connectivity index (χ0) is 15.8. The van der Waals surface area contributed by atoms with E-state index in [1.165, 1.54) is 5.56 Å². The van der Waals surface area contributed by atoms with Crippen LogP contribution >= 0.6 is 0 Å². The summed E-state index contributed by atoms with van der Waals surface area (Å²) in [6.07, 6.45) is -0.516. The standard InChI is InChI=1S/C16H29N3O2/c1-12-8-13(2)16(15(9-12)19(4)5)21-11-14(20)10-18-7-6-17-3/h8-9,14,17-18,20H,6-7,10-11H2,1-5H3. The van der Waals surface area contributed by atoms with Gasteiger partial charge in [-0.1, -0.05) is 6.07 Å². The lowest BCUT2D eigenvalue weighted by molar-refractivity contribution is 0.106. The summed E-state index contributed by atoms with van der Waals surface area (Å²) < 4.78 is 5.86. The number of rotatable bonds is 9. The molecule has 0 aromatic heterocycles. The van der Waals surface area contributed by atoms with Crippen molar-refractivity contribution in [3.05, 3.63) is 23.3 Å². The summed E-state index contributed by atoms with van der Waals surface area (Å²) in [6, 6.07) is 4.19. The van der Waals surface area contributed by atoms with Crippen LogP contribution in [0.25, 0.3) is 0 Å². The van der Waals surface area contributed by atoms with Crippen molar-refractivity contribution in [2.75, 3.05) is 52.3 Å². The Bertz CT molecular complexity index is 436. The molecule has 0 aliphatic rings. The summed E-state index contributed by atoms with van der Waals surface area (Å²) in [5.41, 5.74) is 3.34. The first-order valence-electron chi connectivity index (χ1n) is 7.40. The van der Waals surface area contributed by atoms with Gasteiger partial charge in [-0.2, -0.15) is 0 Å². The maximum atomic E-state index is 9.96. The molecule has 0 saturated heterocycles. The van der Waals surface area contributed by atoms with Crippen LogP contribution in [0.1, 0.15) is 11.1 Å². The molecule has 0 heterocycles. The van der Waals surface area contributed by atoms with E-state index in [2.05, 4.69) is 29.7 Å². The van der Waals surface area contributed by atoms with Gasteiger partial charge in [0.1, 0.15) is 18.5 Å². The van der Waals surface area contributed by atoms with Crippen molar-refractivity contribution in [1.29, 1.82) is 0 Å². The molecule has 1 unspecified atom stereocenters. The maximum Gasteiger partial charge on any atom is 0.145 e. The van der Waals surface area contributed by atoms with Crippen LogP contribution in [0.3, 0.4) is 0 Å². The van der Waals surface area contributed by atoms with Gasteiger partial charge in [0, 0.05) is 33.7 Å². The highest BCUT2D eigenvalue weighted by Crippen LogP contribution is 2.32. The third kappa shape index (κ3) is 5.91. The van der Waals surface area contributed by atoms with Crippen LogP contribution in [0.2, 0.25) is 0 Å². The fourth-order valence-corrected chi connectivity index (χ4v) is 2.17. The van der Waals surface area contributed by atoms with E-state index in [9.17, 15) is 5.11 Å². The number of ether oxygens (including phenoxy) is 1. The molecule has 0 fully saturated rings. The number of benzene rings is 1. The maximum absolute atomic E-state index is 9.96. The molecule has 21 heavy (non-hydrogen) atoms. The Labute approximate surface area is 128 Å². The first kappa shape index (κ1) is 17.8. The van der Waals surface area contributed by atoms with E-state index in [1.807, 2.05) is 33.0 Å². The first-order chi connectivity index (χ1) is 9.95. The van der Waals surface area contributed by atoms with Crippen LogP contribution in [0, 0.1) is 13.8 Å². The summed E-state index contributed by atoms with van der Waals surface area (Å²) in [6.45, 7) is 6.65. The number of aliphatic hydroxyl groups excluding tert-OH is 1.